The number of anilines is 1. The van der Waals surface area contributed by atoms with Crippen LogP contribution in [0.5, 0.6) is 0 Å². The number of nitrogens with one attached hydrogen (secondary N) is 1. The van der Waals surface area contributed by atoms with Crippen LogP contribution >= 0.6 is 15.9 Å². The molecule has 0 aliphatic rings. The molecule has 8 heteroatoms. The Morgan fingerprint density at radius 2 is 1.47 bits per heavy atom. The maximum Gasteiger partial charge on any atom is 0.340 e. The summed E-state index contributed by atoms with van der Waals surface area (Å²) in [4.78, 5) is 13.2. The van der Waals surface area contributed by atoms with Gasteiger partial charge in [-0.15, -0.1) is 0 Å². The van der Waals surface area contributed by atoms with Gasteiger partial charge in [-0.3, -0.25) is 0 Å². The van der Waals surface area contributed by atoms with E-state index in [9.17, 15) is 22.4 Å². The summed E-state index contributed by atoms with van der Waals surface area (Å²) in [6, 6.07) is 16.8. The molecule has 0 saturated heterocycles. The third-order valence-corrected chi connectivity index (χ3v) is 5.38. The van der Waals surface area contributed by atoms with Crippen LogP contribution in [0.15, 0.2) is 71.2 Å². The molecule has 3 nitrogen and oxygen atoms in total. The lowest BCUT2D eigenvalue weighted by Gasteiger charge is -2.31. The summed E-state index contributed by atoms with van der Waals surface area (Å²) in [5, 5.41) is 2.40. The first kappa shape index (κ1) is 23.5. The molecule has 0 bridgehead atoms. The molecule has 0 aliphatic heterocycles. The molecule has 1 unspecified atom stereocenters. The number of benzene rings is 3. The minimum atomic E-state index is -2.00. The standard InChI is InChI=1S/C24H18BrF4NO2/c1-2-32-23(31)24(16-11-7-4-8-12-16,14-13-15-9-5-3-6-10-15)30-22-20(28)18(26)17(25)19(27)21(22)29/h3-14,30H,2H2,1H3/b14-13+. The van der Waals surface area contributed by atoms with Crippen LogP contribution in [0.2, 0.25) is 0 Å². The topological polar surface area (TPSA) is 38.3 Å². The highest BCUT2D eigenvalue weighted by atomic mass is 79.9. The second-order valence-corrected chi connectivity index (χ2v) is 7.50. The zero-order chi connectivity index (χ0) is 23.3. The summed E-state index contributed by atoms with van der Waals surface area (Å²) < 4.78 is 62.0. The molecule has 0 heterocycles. The van der Waals surface area contributed by atoms with Gasteiger partial charge in [0.1, 0.15) is 5.69 Å². The number of esters is 1. The predicted octanol–water partition coefficient (Wildman–Crippen LogP) is 6.59. The van der Waals surface area contributed by atoms with Crippen LogP contribution in [-0.2, 0) is 15.1 Å². The van der Waals surface area contributed by atoms with E-state index in [1.807, 2.05) is 0 Å². The second kappa shape index (κ2) is 9.99. The fourth-order valence-electron chi connectivity index (χ4n) is 3.09. The van der Waals surface area contributed by atoms with Crippen LogP contribution < -0.4 is 5.32 Å². The maximum absolute atomic E-state index is 14.7. The van der Waals surface area contributed by atoms with E-state index in [0.717, 1.165) is 0 Å². The molecule has 166 valence electrons. The van der Waals surface area contributed by atoms with Gasteiger partial charge in [-0.2, -0.15) is 0 Å². The molecule has 0 fully saturated rings. The number of carbonyl (C=O) groups is 1. The van der Waals surface area contributed by atoms with Gasteiger partial charge >= 0.3 is 5.97 Å². The highest BCUT2D eigenvalue weighted by Gasteiger charge is 2.42. The molecule has 1 N–H and O–H groups in total. The fraction of sp³-hybridized carbons (Fsp3) is 0.125. The van der Waals surface area contributed by atoms with Gasteiger partial charge in [0.15, 0.2) is 28.8 Å². The second-order valence-electron chi connectivity index (χ2n) is 6.71. The van der Waals surface area contributed by atoms with Crippen molar-refractivity contribution in [3.8, 4) is 0 Å². The summed E-state index contributed by atoms with van der Waals surface area (Å²) in [6.07, 6.45) is 2.88. The third kappa shape index (κ3) is 4.55. The van der Waals surface area contributed by atoms with Crippen molar-refractivity contribution < 1.29 is 27.1 Å². The van der Waals surface area contributed by atoms with Crippen molar-refractivity contribution in [3.63, 3.8) is 0 Å². The predicted molar refractivity (Wildman–Crippen MR) is 118 cm³/mol. The van der Waals surface area contributed by atoms with E-state index in [-0.39, 0.29) is 12.2 Å². The van der Waals surface area contributed by atoms with Crippen LogP contribution in [-0.4, -0.2) is 12.6 Å². The summed E-state index contributed by atoms with van der Waals surface area (Å²) in [6.45, 7) is 1.52. The average molecular weight is 508 g/mol. The van der Waals surface area contributed by atoms with Crippen molar-refractivity contribution in [3.05, 3.63) is 106 Å². The van der Waals surface area contributed by atoms with E-state index in [1.54, 1.807) is 55.5 Å². The molecular formula is C24H18BrF4NO2. The van der Waals surface area contributed by atoms with E-state index >= 15 is 0 Å². The number of hydrogen-bond donors (Lipinski definition) is 1. The molecule has 0 aromatic heterocycles. The smallest absolute Gasteiger partial charge is 0.340 e. The maximum atomic E-state index is 14.7. The van der Waals surface area contributed by atoms with Gasteiger partial charge < -0.3 is 10.1 Å². The Morgan fingerprint density at radius 3 is 2.00 bits per heavy atom. The van der Waals surface area contributed by atoms with Crippen molar-refractivity contribution in [2.45, 2.75) is 12.5 Å². The molecule has 3 aromatic rings. The van der Waals surface area contributed by atoms with Gasteiger partial charge in [0.2, 0.25) is 0 Å². The van der Waals surface area contributed by atoms with Crippen LogP contribution in [0.4, 0.5) is 23.2 Å². The third-order valence-electron chi connectivity index (χ3n) is 4.68. The lowest BCUT2D eigenvalue weighted by molar-refractivity contribution is -0.147. The lowest BCUT2D eigenvalue weighted by Crippen LogP contribution is -2.44. The van der Waals surface area contributed by atoms with Crippen molar-refractivity contribution in [1.82, 2.24) is 0 Å². The molecule has 3 aromatic carbocycles. The van der Waals surface area contributed by atoms with Gasteiger partial charge in [0.05, 0.1) is 11.1 Å². The van der Waals surface area contributed by atoms with E-state index in [4.69, 9.17) is 4.74 Å². The number of carbonyl (C=O) groups excluding carboxylic acids is 1. The Hall–Kier alpha value is -3.13. The average Bonchev–Trinajstić information content (AvgIpc) is 2.82. The van der Waals surface area contributed by atoms with Crippen molar-refractivity contribution in [1.29, 1.82) is 0 Å². The molecule has 0 amide bonds. The Kier molecular flexibility index (Phi) is 7.35. The number of rotatable bonds is 7. The molecule has 0 spiro atoms. The Bertz CT molecular complexity index is 1110. The SMILES string of the molecule is CCOC(=O)C(/C=C/c1ccccc1)(Nc1c(F)c(F)c(Br)c(F)c1F)c1ccccc1. The fourth-order valence-corrected chi connectivity index (χ4v) is 3.44. The van der Waals surface area contributed by atoms with Crippen LogP contribution in [0.25, 0.3) is 6.08 Å². The molecule has 1 atom stereocenters. The highest BCUT2D eigenvalue weighted by molar-refractivity contribution is 9.10. The van der Waals surface area contributed by atoms with Crippen molar-refractivity contribution in [2.24, 2.45) is 0 Å². The molecular weight excluding hydrogens is 490 g/mol. The number of halogens is 5. The van der Waals surface area contributed by atoms with E-state index in [2.05, 4.69) is 21.2 Å². The summed E-state index contributed by atoms with van der Waals surface area (Å²) >= 11 is 2.49. The van der Waals surface area contributed by atoms with Crippen LogP contribution in [0.3, 0.4) is 0 Å². The van der Waals surface area contributed by atoms with Crippen molar-refractivity contribution >= 4 is 33.7 Å². The van der Waals surface area contributed by atoms with Gasteiger partial charge in [-0.25, -0.2) is 22.4 Å². The van der Waals surface area contributed by atoms with Crippen LogP contribution in [0.1, 0.15) is 18.1 Å². The van der Waals surface area contributed by atoms with E-state index in [1.165, 1.54) is 24.3 Å². The molecule has 32 heavy (non-hydrogen) atoms. The first-order valence-corrected chi connectivity index (χ1v) is 10.4. The Labute approximate surface area is 190 Å². The first-order chi connectivity index (χ1) is 15.3. The zero-order valence-corrected chi connectivity index (χ0v) is 18.4. The summed E-state index contributed by atoms with van der Waals surface area (Å²) in [5.74, 6) is -7.56. The molecule has 3 rings (SSSR count). The van der Waals surface area contributed by atoms with Gasteiger partial charge in [-0.1, -0.05) is 66.7 Å². The van der Waals surface area contributed by atoms with E-state index in [0.29, 0.717) is 5.56 Å². The Morgan fingerprint density at radius 1 is 0.938 bits per heavy atom. The molecule has 0 aliphatic carbocycles. The van der Waals surface area contributed by atoms with Crippen molar-refractivity contribution in [2.75, 3.05) is 11.9 Å². The molecule has 0 saturated carbocycles. The molecule has 0 radical (unpaired) electrons. The van der Waals surface area contributed by atoms with E-state index < -0.39 is 44.9 Å². The lowest BCUT2D eigenvalue weighted by atomic mass is 9.88. The van der Waals surface area contributed by atoms with Gasteiger partial charge in [0, 0.05) is 0 Å². The minimum absolute atomic E-state index is 0.0394. The number of hydrogen-bond acceptors (Lipinski definition) is 3. The monoisotopic (exact) mass is 507 g/mol. The summed E-state index contributed by atoms with van der Waals surface area (Å²) in [5.41, 5.74) is -2.22. The highest BCUT2D eigenvalue weighted by Crippen LogP contribution is 2.37. The zero-order valence-electron chi connectivity index (χ0n) is 16.8. The normalized spacial score (nSPS) is 13.1. The first-order valence-electron chi connectivity index (χ1n) is 9.58. The number of ether oxygens (including phenoxy) is 1. The summed E-state index contributed by atoms with van der Waals surface area (Å²) in [7, 11) is 0. The minimum Gasteiger partial charge on any atom is -0.464 e. The quantitative estimate of drug-likeness (QED) is 0.169. The van der Waals surface area contributed by atoms with Crippen LogP contribution in [0, 0.1) is 23.3 Å². The Balaban J connectivity index is 2.27. The van der Waals surface area contributed by atoms with Gasteiger partial charge in [-0.05, 0) is 40.1 Å². The van der Waals surface area contributed by atoms with Gasteiger partial charge in [0.25, 0.3) is 0 Å². The largest absolute Gasteiger partial charge is 0.464 e.